The van der Waals surface area contributed by atoms with Crippen LogP contribution in [-0.2, 0) is 6.42 Å². The number of nitrogens with one attached hydrogen (secondary N) is 1. The average Bonchev–Trinajstić information content (AvgIpc) is 2.75. The van der Waals surface area contributed by atoms with Crippen LogP contribution >= 0.6 is 11.6 Å². The molecule has 0 radical (unpaired) electrons. The van der Waals surface area contributed by atoms with Crippen LogP contribution < -0.4 is 5.73 Å². The second-order valence-corrected chi connectivity index (χ2v) is 4.57. The van der Waals surface area contributed by atoms with Gasteiger partial charge in [0.25, 0.3) is 0 Å². The summed E-state index contributed by atoms with van der Waals surface area (Å²) in [7, 11) is 0. The topological polar surface area (TPSA) is 67.6 Å². The molecule has 0 saturated carbocycles. The van der Waals surface area contributed by atoms with Gasteiger partial charge in [-0.1, -0.05) is 17.7 Å². The van der Waals surface area contributed by atoms with Crippen molar-refractivity contribution in [1.82, 2.24) is 15.0 Å². The lowest BCUT2D eigenvalue weighted by atomic mass is 10.1. The lowest BCUT2D eigenvalue weighted by Crippen LogP contribution is -1.92. The molecule has 0 amide bonds. The molecule has 3 heterocycles. The molecule has 4 nitrogen and oxygen atoms in total. The van der Waals surface area contributed by atoms with Gasteiger partial charge < -0.3 is 10.7 Å². The molecule has 0 saturated heterocycles. The van der Waals surface area contributed by atoms with Crippen molar-refractivity contribution in [3.8, 4) is 0 Å². The van der Waals surface area contributed by atoms with E-state index < -0.39 is 0 Å². The molecule has 0 aliphatic rings. The second kappa shape index (κ2) is 4.31. The van der Waals surface area contributed by atoms with Gasteiger partial charge in [-0.15, -0.1) is 0 Å². The Balaban J connectivity index is 1.99. The molecule has 3 aromatic rings. The van der Waals surface area contributed by atoms with E-state index in [1.165, 1.54) is 0 Å². The maximum absolute atomic E-state index is 5.97. The summed E-state index contributed by atoms with van der Waals surface area (Å²) < 4.78 is 0. The lowest BCUT2D eigenvalue weighted by Gasteiger charge is -2.00. The van der Waals surface area contributed by atoms with E-state index in [4.69, 9.17) is 17.3 Å². The van der Waals surface area contributed by atoms with Crippen LogP contribution in [0.5, 0.6) is 0 Å². The number of rotatable bonds is 2. The highest BCUT2D eigenvalue weighted by atomic mass is 35.5. The molecule has 0 spiro atoms. The molecule has 0 aromatic carbocycles. The Morgan fingerprint density at radius 2 is 2.11 bits per heavy atom. The minimum Gasteiger partial charge on any atom is -0.384 e. The van der Waals surface area contributed by atoms with Crippen molar-refractivity contribution in [2.45, 2.75) is 6.42 Å². The second-order valence-electron chi connectivity index (χ2n) is 4.13. The molecule has 0 aliphatic heterocycles. The van der Waals surface area contributed by atoms with Crippen molar-refractivity contribution >= 4 is 28.5 Å². The number of hydrogen-bond acceptors (Lipinski definition) is 3. The van der Waals surface area contributed by atoms with Crippen LogP contribution in [0.15, 0.2) is 36.8 Å². The fourth-order valence-corrected chi connectivity index (χ4v) is 2.10. The molecule has 3 aromatic heterocycles. The van der Waals surface area contributed by atoms with E-state index in [1.807, 2.05) is 18.3 Å². The van der Waals surface area contributed by atoms with Gasteiger partial charge in [0.1, 0.15) is 11.5 Å². The van der Waals surface area contributed by atoms with E-state index >= 15 is 0 Å². The van der Waals surface area contributed by atoms with Crippen LogP contribution in [0, 0.1) is 0 Å². The van der Waals surface area contributed by atoms with Crippen LogP contribution in [0.25, 0.3) is 11.0 Å². The number of pyridine rings is 2. The number of nitrogens with zero attached hydrogens (tertiary/aromatic N) is 2. The number of anilines is 1. The molecule has 0 bridgehead atoms. The van der Waals surface area contributed by atoms with Crippen molar-refractivity contribution in [3.05, 3.63) is 52.9 Å². The summed E-state index contributed by atoms with van der Waals surface area (Å²) >= 11 is 5.97. The third kappa shape index (κ3) is 2.02. The smallest absolute Gasteiger partial charge is 0.137 e. The molecule has 3 rings (SSSR count). The van der Waals surface area contributed by atoms with Gasteiger partial charge >= 0.3 is 0 Å². The number of H-pyrrole nitrogens is 1. The van der Waals surface area contributed by atoms with E-state index in [-0.39, 0.29) is 0 Å². The largest absolute Gasteiger partial charge is 0.384 e. The molecular formula is C13H11ClN4. The Hall–Kier alpha value is -2.07. The van der Waals surface area contributed by atoms with E-state index in [1.54, 1.807) is 18.5 Å². The van der Waals surface area contributed by atoms with E-state index in [0.717, 1.165) is 28.6 Å². The van der Waals surface area contributed by atoms with Crippen molar-refractivity contribution in [2.24, 2.45) is 0 Å². The highest BCUT2D eigenvalue weighted by Gasteiger charge is 2.06. The average molecular weight is 259 g/mol. The van der Waals surface area contributed by atoms with Gasteiger partial charge in [0.2, 0.25) is 0 Å². The third-order valence-corrected chi connectivity index (χ3v) is 3.03. The molecule has 0 fully saturated rings. The molecule has 18 heavy (non-hydrogen) atoms. The van der Waals surface area contributed by atoms with Gasteiger partial charge in [-0.2, -0.15) is 0 Å². The molecule has 3 N–H and O–H groups in total. The fourth-order valence-electron chi connectivity index (χ4n) is 1.94. The first-order chi connectivity index (χ1) is 8.72. The van der Waals surface area contributed by atoms with Crippen molar-refractivity contribution in [3.63, 3.8) is 0 Å². The molecule has 0 unspecified atom stereocenters. The van der Waals surface area contributed by atoms with E-state index in [9.17, 15) is 0 Å². The molecule has 90 valence electrons. The van der Waals surface area contributed by atoms with Gasteiger partial charge in [-0.3, -0.25) is 0 Å². The quantitative estimate of drug-likeness (QED) is 0.743. The minimum atomic E-state index is 0.530. The fraction of sp³-hybridized carbons (Fsp3) is 0.0769. The summed E-state index contributed by atoms with van der Waals surface area (Å²) in [6, 6.07) is 5.69. The maximum Gasteiger partial charge on any atom is 0.137 e. The predicted octanol–water partition coefficient (Wildman–Crippen LogP) is 2.78. The third-order valence-electron chi connectivity index (χ3n) is 2.83. The normalized spacial score (nSPS) is 10.9. The molecule has 0 atom stereocenters. The number of hydrogen-bond donors (Lipinski definition) is 2. The summed E-state index contributed by atoms with van der Waals surface area (Å²) in [4.78, 5) is 11.4. The number of nitrogens with two attached hydrogens (primary N) is 1. The molecular weight excluding hydrogens is 248 g/mol. The van der Waals surface area contributed by atoms with E-state index in [2.05, 4.69) is 15.0 Å². The number of fused-ring (bicyclic) bond motifs is 1. The first-order valence-electron chi connectivity index (χ1n) is 5.54. The van der Waals surface area contributed by atoms with Gasteiger partial charge in [0, 0.05) is 30.4 Å². The number of nitrogen functional groups attached to an aromatic ring is 1. The number of aromatic nitrogens is 3. The first kappa shape index (κ1) is 11.0. The van der Waals surface area contributed by atoms with Gasteiger partial charge in [0.15, 0.2) is 0 Å². The van der Waals surface area contributed by atoms with Gasteiger partial charge in [-0.25, -0.2) is 9.97 Å². The highest BCUT2D eigenvalue weighted by molar-refractivity contribution is 6.31. The van der Waals surface area contributed by atoms with Crippen molar-refractivity contribution in [1.29, 1.82) is 0 Å². The van der Waals surface area contributed by atoms with Gasteiger partial charge in [0.05, 0.1) is 5.02 Å². The van der Waals surface area contributed by atoms with Crippen molar-refractivity contribution in [2.75, 3.05) is 5.73 Å². The molecule has 5 heteroatoms. The summed E-state index contributed by atoms with van der Waals surface area (Å²) in [5.74, 6) is 0.530. The Labute approximate surface area is 109 Å². The Kier molecular flexibility index (Phi) is 2.64. The molecule has 0 aliphatic carbocycles. The van der Waals surface area contributed by atoms with Crippen molar-refractivity contribution < 1.29 is 0 Å². The number of aromatic amines is 1. The Morgan fingerprint density at radius 3 is 2.89 bits per heavy atom. The van der Waals surface area contributed by atoms with Crippen LogP contribution in [-0.4, -0.2) is 15.0 Å². The SMILES string of the molecule is Nc1ccc(Cc2c[nH]c3ncc(Cl)cc23)cn1. The standard InChI is InChI=1S/C13H11ClN4/c14-10-4-11-9(6-17-13(11)18-7-10)3-8-1-2-12(15)16-5-8/h1-2,4-7H,3H2,(H2,15,16)(H,17,18). The van der Waals surface area contributed by atoms with Crippen LogP contribution in [0.2, 0.25) is 5.02 Å². The zero-order valence-electron chi connectivity index (χ0n) is 9.52. The zero-order chi connectivity index (χ0) is 12.5. The lowest BCUT2D eigenvalue weighted by molar-refractivity contribution is 1.16. The Morgan fingerprint density at radius 1 is 1.22 bits per heavy atom. The monoisotopic (exact) mass is 258 g/mol. The summed E-state index contributed by atoms with van der Waals surface area (Å²) in [5, 5.41) is 1.68. The first-order valence-corrected chi connectivity index (χ1v) is 5.92. The predicted molar refractivity (Wildman–Crippen MR) is 72.6 cm³/mol. The zero-order valence-corrected chi connectivity index (χ0v) is 10.3. The summed E-state index contributed by atoms with van der Waals surface area (Å²) in [6.45, 7) is 0. The highest BCUT2D eigenvalue weighted by Crippen LogP contribution is 2.22. The van der Waals surface area contributed by atoms with Gasteiger partial charge in [-0.05, 0) is 23.3 Å². The van der Waals surface area contributed by atoms with Crippen LogP contribution in [0.1, 0.15) is 11.1 Å². The maximum atomic E-state index is 5.97. The number of halogens is 1. The summed E-state index contributed by atoms with van der Waals surface area (Å²) in [5.41, 5.74) is 8.66. The van der Waals surface area contributed by atoms with E-state index in [0.29, 0.717) is 10.8 Å². The Bertz CT molecular complexity index is 688. The van der Waals surface area contributed by atoms with Crippen LogP contribution in [0.3, 0.4) is 0 Å². The summed E-state index contributed by atoms with van der Waals surface area (Å²) in [6.07, 6.45) is 6.14. The minimum absolute atomic E-state index is 0.530. The van der Waals surface area contributed by atoms with Crippen LogP contribution in [0.4, 0.5) is 5.82 Å².